The molecule has 17 heavy (non-hydrogen) atoms. The molecule has 1 aromatic rings. The van der Waals surface area contributed by atoms with E-state index in [4.69, 9.17) is 5.26 Å². The minimum atomic E-state index is -4.45. The van der Waals surface area contributed by atoms with Crippen LogP contribution in [0.15, 0.2) is 18.2 Å². The van der Waals surface area contributed by atoms with E-state index < -0.39 is 11.7 Å². The van der Waals surface area contributed by atoms with Crippen LogP contribution in [0.3, 0.4) is 0 Å². The van der Waals surface area contributed by atoms with Gasteiger partial charge >= 0.3 is 6.18 Å². The highest BCUT2D eigenvalue weighted by Crippen LogP contribution is 2.50. The van der Waals surface area contributed by atoms with E-state index in [2.05, 4.69) is 6.92 Å². The predicted octanol–water partition coefficient (Wildman–Crippen LogP) is 4.09. The number of nitrogens with zero attached hydrogens (tertiary/aromatic N) is 1. The van der Waals surface area contributed by atoms with Crippen molar-refractivity contribution >= 4 is 0 Å². The summed E-state index contributed by atoms with van der Waals surface area (Å²) >= 11 is 0. The Morgan fingerprint density at radius 2 is 2.12 bits per heavy atom. The third-order valence-corrected chi connectivity index (χ3v) is 3.34. The minimum absolute atomic E-state index is 0.267. The molecule has 0 spiro atoms. The van der Waals surface area contributed by atoms with Gasteiger partial charge < -0.3 is 0 Å². The highest BCUT2D eigenvalue weighted by atomic mass is 19.4. The zero-order valence-electron chi connectivity index (χ0n) is 9.38. The minimum Gasteiger partial charge on any atom is -0.192 e. The van der Waals surface area contributed by atoms with E-state index >= 15 is 0 Å². The van der Waals surface area contributed by atoms with Crippen molar-refractivity contribution in [3.05, 3.63) is 34.9 Å². The van der Waals surface area contributed by atoms with Crippen molar-refractivity contribution in [3.63, 3.8) is 0 Å². The number of nitriles is 1. The van der Waals surface area contributed by atoms with Gasteiger partial charge in [-0.25, -0.2) is 0 Å². The van der Waals surface area contributed by atoms with Crippen LogP contribution < -0.4 is 0 Å². The van der Waals surface area contributed by atoms with Crippen LogP contribution in [-0.2, 0) is 6.18 Å². The zero-order valence-corrected chi connectivity index (χ0v) is 9.38. The predicted molar refractivity (Wildman–Crippen MR) is 57.3 cm³/mol. The summed E-state index contributed by atoms with van der Waals surface area (Å²) in [5, 5.41) is 8.78. The van der Waals surface area contributed by atoms with Crippen LogP contribution in [0.1, 0.15) is 42.4 Å². The molecule has 90 valence electrons. The molecule has 2 rings (SSSR count). The van der Waals surface area contributed by atoms with E-state index in [1.54, 1.807) is 6.07 Å². The van der Waals surface area contributed by atoms with Crippen molar-refractivity contribution in [2.75, 3.05) is 0 Å². The molecule has 0 unspecified atom stereocenters. The molecule has 0 heterocycles. The van der Waals surface area contributed by atoms with E-state index in [9.17, 15) is 13.2 Å². The van der Waals surface area contributed by atoms with E-state index in [0.717, 1.165) is 24.5 Å². The summed E-state index contributed by atoms with van der Waals surface area (Å²) in [5.74, 6) is 0.910. The second-order valence-corrected chi connectivity index (χ2v) is 4.43. The second-order valence-electron chi connectivity index (χ2n) is 4.43. The van der Waals surface area contributed by atoms with E-state index in [0.29, 0.717) is 11.8 Å². The third kappa shape index (κ3) is 2.28. The summed E-state index contributed by atoms with van der Waals surface area (Å²) in [4.78, 5) is 0. The fourth-order valence-electron chi connectivity index (χ4n) is 2.24. The summed E-state index contributed by atoms with van der Waals surface area (Å²) in [5.41, 5.74) is -0.240. The normalized spacial score (nSPS) is 23.2. The Morgan fingerprint density at radius 1 is 1.41 bits per heavy atom. The van der Waals surface area contributed by atoms with Crippen LogP contribution in [0.2, 0.25) is 0 Å². The number of benzene rings is 1. The molecule has 1 aliphatic rings. The topological polar surface area (TPSA) is 23.8 Å². The van der Waals surface area contributed by atoms with Gasteiger partial charge in [-0.05, 0) is 36.0 Å². The average Bonchev–Trinajstić information content (AvgIpc) is 3.06. The van der Waals surface area contributed by atoms with Gasteiger partial charge in [0.1, 0.15) is 0 Å². The second kappa shape index (κ2) is 4.06. The maximum atomic E-state index is 12.6. The van der Waals surface area contributed by atoms with Crippen LogP contribution in [0, 0.1) is 17.2 Å². The van der Waals surface area contributed by atoms with Gasteiger partial charge in [0, 0.05) is 0 Å². The maximum absolute atomic E-state index is 12.6. The lowest BCUT2D eigenvalue weighted by atomic mass is 10.0. The SMILES string of the molecule is CC[C@H]1C[C@@H]1c1ccc(C(F)(F)F)c(C#N)c1. The van der Waals surface area contributed by atoms with Gasteiger partial charge in [0.05, 0.1) is 17.2 Å². The first-order valence-corrected chi connectivity index (χ1v) is 5.58. The van der Waals surface area contributed by atoms with E-state index in [1.165, 1.54) is 12.1 Å². The van der Waals surface area contributed by atoms with Crippen LogP contribution in [-0.4, -0.2) is 0 Å². The number of rotatable bonds is 2. The average molecular weight is 239 g/mol. The molecule has 1 fully saturated rings. The molecule has 2 atom stereocenters. The Morgan fingerprint density at radius 3 is 2.59 bits per heavy atom. The van der Waals surface area contributed by atoms with Gasteiger partial charge in [-0.1, -0.05) is 19.4 Å². The molecule has 0 aliphatic heterocycles. The largest absolute Gasteiger partial charge is 0.417 e. The van der Waals surface area contributed by atoms with Gasteiger partial charge in [-0.15, -0.1) is 0 Å². The van der Waals surface area contributed by atoms with Gasteiger partial charge in [-0.2, -0.15) is 18.4 Å². The number of alkyl halides is 3. The standard InChI is InChI=1S/C13H12F3N/c1-2-8-6-11(8)9-3-4-12(13(14,15)16)10(5-9)7-17/h3-5,8,11H,2,6H2,1H3/t8-,11-/m0/s1. The third-order valence-electron chi connectivity index (χ3n) is 3.34. The summed E-state index contributed by atoms with van der Waals surface area (Å²) < 4.78 is 37.7. The molecule has 1 nitrogen and oxygen atoms in total. The first-order chi connectivity index (χ1) is 7.97. The summed E-state index contributed by atoms with van der Waals surface area (Å²) in [6.07, 6.45) is -2.39. The lowest BCUT2D eigenvalue weighted by Crippen LogP contribution is -2.08. The zero-order chi connectivity index (χ0) is 12.6. The van der Waals surface area contributed by atoms with Crippen LogP contribution in [0.5, 0.6) is 0 Å². The Labute approximate surface area is 97.9 Å². The van der Waals surface area contributed by atoms with Gasteiger partial charge in [-0.3, -0.25) is 0 Å². The fourth-order valence-corrected chi connectivity index (χ4v) is 2.24. The molecule has 0 radical (unpaired) electrons. The van der Waals surface area contributed by atoms with Gasteiger partial charge in [0.2, 0.25) is 0 Å². The molecule has 4 heteroatoms. The van der Waals surface area contributed by atoms with Crippen LogP contribution in [0.4, 0.5) is 13.2 Å². The highest BCUT2D eigenvalue weighted by molar-refractivity contribution is 5.44. The summed E-state index contributed by atoms with van der Waals surface area (Å²) in [6.45, 7) is 2.07. The maximum Gasteiger partial charge on any atom is 0.417 e. The van der Waals surface area contributed by atoms with Gasteiger partial charge in [0.15, 0.2) is 0 Å². The Hall–Kier alpha value is -1.50. The molecule has 1 saturated carbocycles. The van der Waals surface area contributed by atoms with Crippen molar-refractivity contribution in [1.82, 2.24) is 0 Å². The quantitative estimate of drug-likeness (QED) is 0.762. The van der Waals surface area contributed by atoms with E-state index in [1.807, 2.05) is 0 Å². The van der Waals surface area contributed by atoms with Crippen molar-refractivity contribution in [2.24, 2.45) is 5.92 Å². The Bertz CT molecular complexity index is 471. The smallest absolute Gasteiger partial charge is 0.192 e. The summed E-state index contributed by atoms with van der Waals surface area (Å²) in [6, 6.07) is 5.56. The molecular formula is C13H12F3N. The molecule has 0 aromatic heterocycles. The number of hydrogen-bond donors (Lipinski definition) is 0. The highest BCUT2D eigenvalue weighted by Gasteiger charge is 2.38. The lowest BCUT2D eigenvalue weighted by molar-refractivity contribution is -0.137. The van der Waals surface area contributed by atoms with Crippen LogP contribution in [0.25, 0.3) is 0 Å². The fraction of sp³-hybridized carbons (Fsp3) is 0.462. The first-order valence-electron chi connectivity index (χ1n) is 5.58. The molecule has 1 aliphatic carbocycles. The monoisotopic (exact) mass is 239 g/mol. The van der Waals surface area contributed by atoms with Crippen molar-refractivity contribution < 1.29 is 13.2 Å². The summed E-state index contributed by atoms with van der Waals surface area (Å²) in [7, 11) is 0. The Kier molecular flexibility index (Phi) is 2.86. The molecular weight excluding hydrogens is 227 g/mol. The van der Waals surface area contributed by atoms with Crippen molar-refractivity contribution in [1.29, 1.82) is 5.26 Å². The van der Waals surface area contributed by atoms with Crippen molar-refractivity contribution in [2.45, 2.75) is 31.9 Å². The molecule has 1 aromatic carbocycles. The molecule has 0 amide bonds. The van der Waals surface area contributed by atoms with Crippen molar-refractivity contribution in [3.8, 4) is 6.07 Å². The lowest BCUT2D eigenvalue weighted by Gasteiger charge is -2.10. The Balaban J connectivity index is 2.33. The molecule has 0 saturated heterocycles. The number of halogens is 3. The first kappa shape index (κ1) is 12.0. The molecule has 0 bridgehead atoms. The number of hydrogen-bond acceptors (Lipinski definition) is 1. The van der Waals surface area contributed by atoms with Crippen LogP contribution >= 0.6 is 0 Å². The van der Waals surface area contributed by atoms with E-state index in [-0.39, 0.29) is 5.56 Å². The molecule has 0 N–H and O–H groups in total. The van der Waals surface area contributed by atoms with Gasteiger partial charge in [0.25, 0.3) is 0 Å².